The number of nitrogens with two attached hydrogens (primary N) is 1. The van der Waals surface area contributed by atoms with Crippen molar-refractivity contribution in [3.05, 3.63) is 65.0 Å². The van der Waals surface area contributed by atoms with Crippen molar-refractivity contribution in [2.45, 2.75) is 25.5 Å². The van der Waals surface area contributed by atoms with Crippen molar-refractivity contribution in [2.75, 3.05) is 18.2 Å². The number of nitrogens with zero attached hydrogens (tertiary/aromatic N) is 1. The maximum atomic E-state index is 13.1. The molecule has 2 aromatic carbocycles. The first-order valence-corrected chi connectivity index (χ1v) is 9.56. The molecule has 27 heavy (non-hydrogen) atoms. The van der Waals surface area contributed by atoms with Crippen LogP contribution in [0.5, 0.6) is 0 Å². The summed E-state index contributed by atoms with van der Waals surface area (Å²) in [5, 5.41) is 3.45. The number of hydrogen-bond donors (Lipinski definition) is 2. The highest BCUT2D eigenvalue weighted by molar-refractivity contribution is 8.13. The number of nitrogens with one attached hydrogen (secondary N) is 1. The smallest absolute Gasteiger partial charge is 0.255 e. The molecule has 1 unspecified atom stereocenters. The third kappa shape index (κ3) is 4.67. The predicted octanol–water partition coefficient (Wildman–Crippen LogP) is 3.89. The summed E-state index contributed by atoms with van der Waals surface area (Å²) in [6, 6.07) is 11.2. The number of ether oxygens (including phenoxy) is 1. The van der Waals surface area contributed by atoms with Crippen molar-refractivity contribution in [3.8, 4) is 0 Å². The molecule has 0 spiro atoms. The highest BCUT2D eigenvalue weighted by Gasteiger charge is 2.30. The number of thioether (sulfide) groups is 1. The molecule has 0 saturated carbocycles. The molecule has 0 aromatic heterocycles. The van der Waals surface area contributed by atoms with Crippen LogP contribution in [-0.2, 0) is 16.9 Å². The SMILES string of the molecule is COCc1cc(NC(=O)c2ccc(F)cc2)cc(C2(C)CCSC(N)=N2)c1. The Morgan fingerprint density at radius 1 is 1.33 bits per heavy atom. The molecule has 7 heteroatoms. The van der Waals surface area contributed by atoms with Crippen LogP contribution in [0.3, 0.4) is 0 Å². The van der Waals surface area contributed by atoms with Gasteiger partial charge in [-0.05, 0) is 60.9 Å². The van der Waals surface area contributed by atoms with Gasteiger partial charge in [-0.3, -0.25) is 9.79 Å². The molecular formula is C20H22FN3O2S. The van der Waals surface area contributed by atoms with Crippen LogP contribution in [-0.4, -0.2) is 23.9 Å². The zero-order valence-electron chi connectivity index (χ0n) is 15.3. The second kappa shape index (κ2) is 8.10. The van der Waals surface area contributed by atoms with Gasteiger partial charge in [0, 0.05) is 24.1 Å². The number of aliphatic imine (C=N–C) groups is 1. The van der Waals surface area contributed by atoms with Crippen LogP contribution in [0.15, 0.2) is 47.5 Å². The number of amides is 1. The fraction of sp³-hybridized carbons (Fsp3) is 0.300. The molecule has 0 aliphatic carbocycles. The maximum Gasteiger partial charge on any atom is 0.255 e. The number of amidine groups is 1. The lowest BCUT2D eigenvalue weighted by Gasteiger charge is -2.30. The molecule has 0 saturated heterocycles. The molecule has 3 rings (SSSR count). The fourth-order valence-electron chi connectivity index (χ4n) is 3.02. The minimum absolute atomic E-state index is 0.303. The molecule has 0 radical (unpaired) electrons. The Balaban J connectivity index is 1.93. The molecule has 1 atom stereocenters. The molecular weight excluding hydrogens is 365 g/mol. The van der Waals surface area contributed by atoms with Gasteiger partial charge in [0.1, 0.15) is 5.82 Å². The molecule has 5 nitrogen and oxygen atoms in total. The monoisotopic (exact) mass is 387 g/mol. The number of benzene rings is 2. The lowest BCUT2D eigenvalue weighted by atomic mass is 9.88. The van der Waals surface area contributed by atoms with Gasteiger partial charge in [-0.25, -0.2) is 4.39 Å². The van der Waals surface area contributed by atoms with Gasteiger partial charge in [0.25, 0.3) is 5.91 Å². The number of hydrogen-bond acceptors (Lipinski definition) is 5. The van der Waals surface area contributed by atoms with Crippen molar-refractivity contribution in [1.82, 2.24) is 0 Å². The fourth-order valence-corrected chi connectivity index (χ4v) is 4.00. The van der Waals surface area contributed by atoms with Gasteiger partial charge in [0.15, 0.2) is 5.17 Å². The Labute approximate surface area is 162 Å². The van der Waals surface area contributed by atoms with Crippen LogP contribution in [0.4, 0.5) is 10.1 Å². The van der Waals surface area contributed by atoms with E-state index in [-0.39, 0.29) is 11.7 Å². The lowest BCUT2D eigenvalue weighted by molar-refractivity contribution is 0.102. The Hall–Kier alpha value is -2.38. The Morgan fingerprint density at radius 3 is 2.74 bits per heavy atom. The van der Waals surface area contributed by atoms with Crippen molar-refractivity contribution in [3.63, 3.8) is 0 Å². The Kier molecular flexibility index (Phi) is 5.82. The summed E-state index contributed by atoms with van der Waals surface area (Å²) in [6.45, 7) is 2.45. The second-order valence-electron chi connectivity index (χ2n) is 6.63. The molecule has 1 aliphatic rings. The van der Waals surface area contributed by atoms with Crippen LogP contribution in [0.2, 0.25) is 0 Å². The zero-order chi connectivity index (χ0) is 19.4. The average Bonchev–Trinajstić information content (AvgIpc) is 2.62. The molecule has 0 fully saturated rings. The number of carbonyl (C=O) groups excluding carboxylic acids is 1. The first-order chi connectivity index (χ1) is 12.9. The summed E-state index contributed by atoms with van der Waals surface area (Å²) in [7, 11) is 1.62. The second-order valence-corrected chi connectivity index (χ2v) is 7.75. The number of rotatable bonds is 5. The predicted molar refractivity (Wildman–Crippen MR) is 108 cm³/mol. The van der Waals surface area contributed by atoms with Crippen LogP contribution < -0.4 is 11.1 Å². The first-order valence-electron chi connectivity index (χ1n) is 8.58. The summed E-state index contributed by atoms with van der Waals surface area (Å²) in [4.78, 5) is 17.1. The third-order valence-electron chi connectivity index (χ3n) is 4.49. The lowest BCUT2D eigenvalue weighted by Crippen LogP contribution is -2.29. The van der Waals surface area contributed by atoms with Gasteiger partial charge in [-0.2, -0.15) is 0 Å². The van der Waals surface area contributed by atoms with Crippen LogP contribution in [0.25, 0.3) is 0 Å². The van der Waals surface area contributed by atoms with E-state index in [0.717, 1.165) is 23.3 Å². The van der Waals surface area contributed by atoms with E-state index in [0.29, 0.717) is 23.0 Å². The summed E-state index contributed by atoms with van der Waals surface area (Å²) < 4.78 is 18.3. The molecule has 1 amide bonds. The van der Waals surface area contributed by atoms with Gasteiger partial charge in [-0.15, -0.1) is 0 Å². The van der Waals surface area contributed by atoms with Crippen LogP contribution >= 0.6 is 11.8 Å². The van der Waals surface area contributed by atoms with Crippen molar-refractivity contribution in [2.24, 2.45) is 10.7 Å². The number of methoxy groups -OCH3 is 1. The summed E-state index contributed by atoms with van der Waals surface area (Å²) in [5.74, 6) is 0.204. The van der Waals surface area contributed by atoms with E-state index in [1.807, 2.05) is 25.1 Å². The minimum Gasteiger partial charge on any atom is -0.380 e. The van der Waals surface area contributed by atoms with E-state index < -0.39 is 5.54 Å². The number of anilines is 1. The topological polar surface area (TPSA) is 76.7 Å². The number of carbonyl (C=O) groups is 1. The highest BCUT2D eigenvalue weighted by atomic mass is 32.2. The van der Waals surface area contributed by atoms with Crippen LogP contribution in [0.1, 0.15) is 34.8 Å². The minimum atomic E-state index is -0.450. The quantitative estimate of drug-likeness (QED) is 0.816. The highest BCUT2D eigenvalue weighted by Crippen LogP contribution is 2.36. The van der Waals surface area contributed by atoms with E-state index in [2.05, 4.69) is 10.3 Å². The summed E-state index contributed by atoms with van der Waals surface area (Å²) in [5.41, 5.74) is 8.41. The molecule has 1 heterocycles. The van der Waals surface area contributed by atoms with Gasteiger partial charge in [0.05, 0.1) is 12.1 Å². The van der Waals surface area contributed by atoms with Gasteiger partial charge < -0.3 is 15.8 Å². The molecule has 0 bridgehead atoms. The zero-order valence-corrected chi connectivity index (χ0v) is 16.1. The molecule has 2 aromatic rings. The summed E-state index contributed by atoms with van der Waals surface area (Å²) >= 11 is 1.55. The molecule has 142 valence electrons. The van der Waals surface area contributed by atoms with E-state index in [4.69, 9.17) is 10.5 Å². The van der Waals surface area contributed by atoms with Crippen LogP contribution in [0, 0.1) is 5.82 Å². The molecule has 1 aliphatic heterocycles. The van der Waals surface area contributed by atoms with Gasteiger partial charge >= 0.3 is 0 Å². The van der Waals surface area contributed by atoms with E-state index in [1.165, 1.54) is 24.3 Å². The van der Waals surface area contributed by atoms with Crippen molar-refractivity contribution in [1.29, 1.82) is 0 Å². The standard InChI is InChI=1S/C20H22FN3O2S/c1-20(7-8-27-19(22)24-20)15-9-13(12-26-2)10-17(11-15)23-18(25)14-3-5-16(21)6-4-14/h3-6,9-11H,7-8,12H2,1-2H3,(H2,22,24)(H,23,25). The average molecular weight is 387 g/mol. The largest absolute Gasteiger partial charge is 0.380 e. The first kappa shape index (κ1) is 19.4. The molecule has 3 N–H and O–H groups in total. The van der Waals surface area contributed by atoms with Gasteiger partial charge in [-0.1, -0.05) is 17.8 Å². The third-order valence-corrected chi connectivity index (χ3v) is 5.28. The van der Waals surface area contributed by atoms with E-state index >= 15 is 0 Å². The van der Waals surface area contributed by atoms with Crippen molar-refractivity contribution < 1.29 is 13.9 Å². The van der Waals surface area contributed by atoms with Gasteiger partial charge in [0.2, 0.25) is 0 Å². The van der Waals surface area contributed by atoms with E-state index in [9.17, 15) is 9.18 Å². The van der Waals surface area contributed by atoms with Crippen molar-refractivity contribution >= 4 is 28.5 Å². The summed E-state index contributed by atoms with van der Waals surface area (Å²) in [6.07, 6.45) is 0.847. The normalized spacial score (nSPS) is 19.4. The van der Waals surface area contributed by atoms with E-state index in [1.54, 1.807) is 18.9 Å². The maximum absolute atomic E-state index is 13.1. The Bertz CT molecular complexity index is 870. The Morgan fingerprint density at radius 2 is 2.07 bits per heavy atom. The number of halogens is 1.